The van der Waals surface area contributed by atoms with Gasteiger partial charge in [-0.15, -0.1) is 0 Å². The van der Waals surface area contributed by atoms with E-state index in [4.69, 9.17) is 23.2 Å². The maximum atomic E-state index is 10.00. The predicted octanol–water partition coefficient (Wildman–Crippen LogP) is 4.08. The number of nitrogens with one attached hydrogen (secondary N) is 1. The van der Waals surface area contributed by atoms with Crippen LogP contribution in [0.5, 0.6) is 0 Å². The van der Waals surface area contributed by atoms with Crippen LogP contribution in [0.15, 0.2) is 24.4 Å². The second kappa shape index (κ2) is 6.42. The Morgan fingerprint density at radius 1 is 1.37 bits per heavy atom. The Morgan fingerprint density at radius 3 is 2.79 bits per heavy atom. The predicted molar refractivity (Wildman–Crippen MR) is 77.7 cm³/mol. The van der Waals surface area contributed by atoms with E-state index in [0.717, 1.165) is 29.9 Å². The number of aryl methyl sites for hydroxylation is 2. The van der Waals surface area contributed by atoms with E-state index >= 15 is 0 Å². The van der Waals surface area contributed by atoms with Gasteiger partial charge >= 0.3 is 0 Å². The zero-order valence-corrected chi connectivity index (χ0v) is 12.2. The summed E-state index contributed by atoms with van der Waals surface area (Å²) in [5.74, 6) is 0.815. The number of nitrogens with zero attached hydrogens (tertiary/aromatic N) is 1. The van der Waals surface area contributed by atoms with Gasteiger partial charge in [-0.05, 0) is 43.9 Å². The van der Waals surface area contributed by atoms with Crippen LogP contribution in [0.25, 0.3) is 0 Å². The van der Waals surface area contributed by atoms with Crippen molar-refractivity contribution in [3.63, 3.8) is 0 Å². The third-order valence-electron chi connectivity index (χ3n) is 3.02. The Morgan fingerprint density at radius 2 is 2.16 bits per heavy atom. The number of aromatic nitrogens is 2. The number of hydrogen-bond acceptors (Lipinski definition) is 2. The van der Waals surface area contributed by atoms with E-state index in [0.29, 0.717) is 16.5 Å². The summed E-state index contributed by atoms with van der Waals surface area (Å²) >= 11 is 12.0. The van der Waals surface area contributed by atoms with Gasteiger partial charge in [-0.25, -0.2) is 4.98 Å². The van der Waals surface area contributed by atoms with Gasteiger partial charge in [-0.1, -0.05) is 29.3 Å². The van der Waals surface area contributed by atoms with Gasteiger partial charge in [0.15, 0.2) is 0 Å². The van der Waals surface area contributed by atoms with Crippen LogP contribution in [0.2, 0.25) is 10.0 Å². The van der Waals surface area contributed by atoms with E-state index in [-0.39, 0.29) is 0 Å². The first-order valence-corrected chi connectivity index (χ1v) is 6.95. The molecule has 5 heteroatoms. The first kappa shape index (κ1) is 14.4. The average Bonchev–Trinajstić information content (AvgIpc) is 2.78. The number of benzene rings is 1. The van der Waals surface area contributed by atoms with Crippen molar-refractivity contribution in [3.8, 4) is 0 Å². The average molecular weight is 299 g/mol. The quantitative estimate of drug-likeness (QED) is 0.874. The fourth-order valence-corrected chi connectivity index (χ4v) is 2.48. The molecule has 0 amide bonds. The molecule has 0 aliphatic carbocycles. The van der Waals surface area contributed by atoms with Gasteiger partial charge in [0, 0.05) is 10.0 Å². The second-order valence-electron chi connectivity index (χ2n) is 4.57. The highest BCUT2D eigenvalue weighted by molar-refractivity contribution is 6.35. The summed E-state index contributed by atoms with van der Waals surface area (Å²) in [6, 6.07) is 5.50. The molecule has 0 fully saturated rings. The molecule has 1 aromatic heterocycles. The molecule has 0 aliphatic heterocycles. The Balaban J connectivity index is 1.86. The monoisotopic (exact) mass is 298 g/mol. The van der Waals surface area contributed by atoms with Crippen LogP contribution in [-0.2, 0) is 6.42 Å². The number of H-pyrrole nitrogens is 1. The summed E-state index contributed by atoms with van der Waals surface area (Å²) in [6.45, 7) is 1.86. The summed E-state index contributed by atoms with van der Waals surface area (Å²) < 4.78 is 0. The van der Waals surface area contributed by atoms with Gasteiger partial charge in [-0.3, -0.25) is 0 Å². The zero-order chi connectivity index (χ0) is 13.8. The van der Waals surface area contributed by atoms with Crippen LogP contribution in [0.3, 0.4) is 0 Å². The minimum absolute atomic E-state index is 0.507. The summed E-state index contributed by atoms with van der Waals surface area (Å²) in [4.78, 5) is 7.12. The normalized spacial score (nSPS) is 12.6. The van der Waals surface area contributed by atoms with Crippen molar-refractivity contribution in [1.29, 1.82) is 0 Å². The van der Waals surface area contributed by atoms with E-state index in [1.54, 1.807) is 12.3 Å². The number of hydrogen-bond donors (Lipinski definition) is 2. The van der Waals surface area contributed by atoms with Gasteiger partial charge in [0.25, 0.3) is 0 Å². The van der Waals surface area contributed by atoms with Crippen molar-refractivity contribution >= 4 is 23.2 Å². The van der Waals surface area contributed by atoms with E-state index in [2.05, 4.69) is 9.97 Å². The molecule has 102 valence electrons. The van der Waals surface area contributed by atoms with Crippen LogP contribution in [0.4, 0.5) is 0 Å². The molecule has 1 heterocycles. The molecule has 2 rings (SSSR count). The van der Waals surface area contributed by atoms with Gasteiger partial charge in [0.05, 0.1) is 18.0 Å². The fraction of sp³-hybridized carbons (Fsp3) is 0.357. The lowest BCUT2D eigenvalue weighted by atomic mass is 10.0. The maximum Gasteiger partial charge on any atom is 0.103 e. The van der Waals surface area contributed by atoms with Crippen molar-refractivity contribution in [3.05, 3.63) is 51.5 Å². The van der Waals surface area contributed by atoms with Crippen molar-refractivity contribution in [2.75, 3.05) is 0 Å². The lowest BCUT2D eigenvalue weighted by molar-refractivity contribution is 0.160. The number of imidazole rings is 1. The Kier molecular flexibility index (Phi) is 4.86. The molecule has 2 aromatic rings. The van der Waals surface area contributed by atoms with Crippen LogP contribution >= 0.6 is 23.2 Å². The van der Waals surface area contributed by atoms with Crippen LogP contribution in [0, 0.1) is 6.92 Å². The van der Waals surface area contributed by atoms with E-state index in [1.165, 1.54) is 0 Å². The summed E-state index contributed by atoms with van der Waals surface area (Å²) in [6.07, 6.45) is 3.50. The number of aromatic amines is 1. The van der Waals surface area contributed by atoms with Gasteiger partial charge in [0.2, 0.25) is 0 Å². The molecular weight excluding hydrogens is 283 g/mol. The minimum Gasteiger partial charge on any atom is -0.387 e. The molecule has 19 heavy (non-hydrogen) atoms. The van der Waals surface area contributed by atoms with Crippen LogP contribution < -0.4 is 0 Å². The van der Waals surface area contributed by atoms with E-state index in [9.17, 15) is 5.11 Å². The highest BCUT2D eigenvalue weighted by Crippen LogP contribution is 2.24. The van der Waals surface area contributed by atoms with Gasteiger partial charge in [-0.2, -0.15) is 0 Å². The molecule has 1 atom stereocenters. The highest BCUT2D eigenvalue weighted by Gasteiger charge is 2.10. The molecule has 1 unspecified atom stereocenters. The number of aliphatic hydroxyl groups excluding tert-OH is 1. The second-order valence-corrected chi connectivity index (χ2v) is 5.41. The number of halogens is 2. The van der Waals surface area contributed by atoms with Gasteiger partial charge < -0.3 is 10.1 Å². The zero-order valence-electron chi connectivity index (χ0n) is 10.7. The SMILES string of the molecule is Cc1ncc(C(O)CCCc2ccc(Cl)cc2Cl)[nH]1. The molecule has 3 nitrogen and oxygen atoms in total. The molecule has 0 aliphatic rings. The minimum atomic E-state index is -0.507. The summed E-state index contributed by atoms with van der Waals surface area (Å²) in [5.41, 5.74) is 1.82. The van der Waals surface area contributed by atoms with Crippen LogP contribution in [-0.4, -0.2) is 15.1 Å². The molecule has 0 saturated heterocycles. The Bertz CT molecular complexity index is 554. The largest absolute Gasteiger partial charge is 0.387 e. The topological polar surface area (TPSA) is 48.9 Å². The number of rotatable bonds is 5. The fourth-order valence-electron chi connectivity index (χ4n) is 1.97. The molecule has 0 bridgehead atoms. The first-order valence-electron chi connectivity index (χ1n) is 6.20. The Hall–Kier alpha value is -1.03. The van der Waals surface area contributed by atoms with Crippen molar-refractivity contribution in [1.82, 2.24) is 9.97 Å². The lowest BCUT2D eigenvalue weighted by Gasteiger charge is -2.09. The summed E-state index contributed by atoms with van der Waals surface area (Å²) in [5, 5.41) is 11.3. The van der Waals surface area contributed by atoms with Gasteiger partial charge in [0.1, 0.15) is 5.82 Å². The lowest BCUT2D eigenvalue weighted by Crippen LogP contribution is -1.99. The molecule has 2 N–H and O–H groups in total. The van der Waals surface area contributed by atoms with Crippen molar-refractivity contribution in [2.45, 2.75) is 32.3 Å². The number of aliphatic hydroxyl groups is 1. The van der Waals surface area contributed by atoms with E-state index < -0.39 is 6.10 Å². The van der Waals surface area contributed by atoms with Crippen molar-refractivity contribution in [2.24, 2.45) is 0 Å². The van der Waals surface area contributed by atoms with Crippen molar-refractivity contribution < 1.29 is 5.11 Å². The smallest absolute Gasteiger partial charge is 0.103 e. The Labute approximate surface area is 122 Å². The molecule has 0 radical (unpaired) electrons. The van der Waals surface area contributed by atoms with E-state index in [1.807, 2.05) is 19.1 Å². The maximum absolute atomic E-state index is 10.00. The van der Waals surface area contributed by atoms with Crippen LogP contribution in [0.1, 0.15) is 36.0 Å². The molecule has 0 saturated carbocycles. The third kappa shape index (κ3) is 3.96. The molecular formula is C14H16Cl2N2O. The highest BCUT2D eigenvalue weighted by atomic mass is 35.5. The molecule has 0 spiro atoms. The first-order chi connectivity index (χ1) is 9.06. The molecule has 1 aromatic carbocycles. The standard InChI is InChI=1S/C14H16Cl2N2O/c1-9-17-8-13(18-9)14(19)4-2-3-10-5-6-11(15)7-12(10)16/h5-8,14,19H,2-4H2,1H3,(H,17,18). The summed E-state index contributed by atoms with van der Waals surface area (Å²) in [7, 11) is 0. The third-order valence-corrected chi connectivity index (χ3v) is 3.61.